The fourth-order valence-electron chi connectivity index (χ4n) is 1.75. The molecule has 0 aromatic heterocycles. The van der Waals surface area contributed by atoms with Crippen molar-refractivity contribution in [2.24, 2.45) is 0 Å². The second kappa shape index (κ2) is 10.4. The fraction of sp³-hybridized carbons (Fsp3) is 0.350. The van der Waals surface area contributed by atoms with E-state index in [0.717, 1.165) is 17.7 Å². The van der Waals surface area contributed by atoms with Crippen LogP contribution in [0.15, 0.2) is 53.6 Å². The molecule has 1 aromatic rings. The van der Waals surface area contributed by atoms with Crippen LogP contribution in [0.4, 0.5) is 0 Å². The number of esters is 1. The van der Waals surface area contributed by atoms with Gasteiger partial charge in [-0.3, -0.25) is 4.79 Å². The first-order valence-electron chi connectivity index (χ1n) is 7.79. The topological polar surface area (TPSA) is 35.5 Å². The SMILES string of the molecule is CC(=O)OCC=Cc1ccc(OCC=C(C)CC=C(C)C)cc1. The third-order valence-corrected chi connectivity index (χ3v) is 3.09. The molecule has 0 unspecified atom stereocenters. The fourth-order valence-corrected chi connectivity index (χ4v) is 1.75. The Morgan fingerprint density at radius 1 is 1.00 bits per heavy atom. The predicted octanol–water partition coefficient (Wildman–Crippen LogP) is 4.94. The van der Waals surface area contributed by atoms with E-state index >= 15 is 0 Å². The van der Waals surface area contributed by atoms with Crippen LogP contribution in [-0.4, -0.2) is 19.2 Å². The van der Waals surface area contributed by atoms with E-state index in [1.165, 1.54) is 18.1 Å². The van der Waals surface area contributed by atoms with Gasteiger partial charge in [-0.25, -0.2) is 0 Å². The van der Waals surface area contributed by atoms with Crippen LogP contribution in [0.5, 0.6) is 5.75 Å². The van der Waals surface area contributed by atoms with Gasteiger partial charge in [0.1, 0.15) is 19.0 Å². The molecule has 0 aliphatic heterocycles. The highest BCUT2D eigenvalue weighted by Crippen LogP contribution is 2.14. The summed E-state index contributed by atoms with van der Waals surface area (Å²) in [5.74, 6) is 0.569. The van der Waals surface area contributed by atoms with Gasteiger partial charge in [0.2, 0.25) is 0 Å². The zero-order valence-electron chi connectivity index (χ0n) is 14.5. The number of ether oxygens (including phenoxy) is 2. The van der Waals surface area contributed by atoms with Crippen molar-refractivity contribution >= 4 is 12.0 Å². The Balaban J connectivity index is 2.40. The second-order valence-corrected chi connectivity index (χ2v) is 5.62. The number of hydrogen-bond donors (Lipinski definition) is 0. The number of rotatable bonds is 8. The molecule has 0 aliphatic carbocycles. The van der Waals surface area contributed by atoms with Crippen LogP contribution in [0, 0.1) is 0 Å². The summed E-state index contributed by atoms with van der Waals surface area (Å²) in [7, 11) is 0. The van der Waals surface area contributed by atoms with Crippen LogP contribution in [0.3, 0.4) is 0 Å². The molecule has 0 spiro atoms. The number of allylic oxidation sites excluding steroid dienone is 3. The minimum absolute atomic E-state index is 0.272. The Kier molecular flexibility index (Phi) is 8.51. The normalized spacial score (nSPS) is 11.4. The van der Waals surface area contributed by atoms with Crippen LogP contribution in [-0.2, 0) is 9.53 Å². The lowest BCUT2D eigenvalue weighted by atomic mass is 10.1. The van der Waals surface area contributed by atoms with Crippen LogP contribution in [0.25, 0.3) is 6.08 Å². The average Bonchev–Trinajstić information content (AvgIpc) is 2.51. The van der Waals surface area contributed by atoms with E-state index in [0.29, 0.717) is 13.2 Å². The molecule has 0 saturated heterocycles. The smallest absolute Gasteiger partial charge is 0.302 e. The molecule has 0 fully saturated rings. The minimum Gasteiger partial charge on any atom is -0.490 e. The number of hydrogen-bond acceptors (Lipinski definition) is 3. The Labute approximate surface area is 139 Å². The summed E-state index contributed by atoms with van der Waals surface area (Å²) in [5.41, 5.74) is 3.67. The van der Waals surface area contributed by atoms with E-state index in [9.17, 15) is 4.79 Å². The Hall–Kier alpha value is -2.29. The molecule has 1 aromatic carbocycles. The van der Waals surface area contributed by atoms with E-state index in [1.807, 2.05) is 36.4 Å². The van der Waals surface area contributed by atoms with Crippen LogP contribution in [0.1, 0.15) is 39.7 Å². The van der Waals surface area contributed by atoms with Gasteiger partial charge in [-0.05, 0) is 57.0 Å². The monoisotopic (exact) mass is 314 g/mol. The highest BCUT2D eigenvalue weighted by atomic mass is 16.5. The van der Waals surface area contributed by atoms with Gasteiger partial charge in [-0.2, -0.15) is 0 Å². The molecule has 0 heterocycles. The van der Waals surface area contributed by atoms with Gasteiger partial charge in [-0.15, -0.1) is 0 Å². The Morgan fingerprint density at radius 3 is 2.30 bits per heavy atom. The average molecular weight is 314 g/mol. The van der Waals surface area contributed by atoms with Crippen molar-refractivity contribution in [3.8, 4) is 5.75 Å². The molecule has 0 atom stereocenters. The molecule has 0 radical (unpaired) electrons. The summed E-state index contributed by atoms with van der Waals surface area (Å²) in [5, 5.41) is 0. The van der Waals surface area contributed by atoms with Gasteiger partial charge in [0.05, 0.1) is 0 Å². The van der Waals surface area contributed by atoms with Gasteiger partial charge in [0.25, 0.3) is 0 Å². The van der Waals surface area contributed by atoms with E-state index in [2.05, 4.69) is 32.9 Å². The molecule has 3 heteroatoms. The number of benzene rings is 1. The van der Waals surface area contributed by atoms with Crippen LogP contribution in [0.2, 0.25) is 0 Å². The minimum atomic E-state index is -0.272. The van der Waals surface area contributed by atoms with Crippen LogP contribution >= 0.6 is 0 Å². The maximum Gasteiger partial charge on any atom is 0.302 e. The molecule has 1 rings (SSSR count). The van der Waals surface area contributed by atoms with Gasteiger partial charge >= 0.3 is 5.97 Å². The molecule has 3 nitrogen and oxygen atoms in total. The summed E-state index contributed by atoms with van der Waals surface area (Å²) >= 11 is 0. The summed E-state index contributed by atoms with van der Waals surface area (Å²) in [6.07, 6.45) is 9.01. The first-order valence-corrected chi connectivity index (χ1v) is 7.79. The maximum atomic E-state index is 10.6. The van der Waals surface area contributed by atoms with E-state index in [4.69, 9.17) is 9.47 Å². The molecular formula is C20H26O3. The lowest BCUT2D eigenvalue weighted by Crippen LogP contribution is -1.97. The third-order valence-electron chi connectivity index (χ3n) is 3.09. The van der Waals surface area contributed by atoms with Crippen molar-refractivity contribution in [2.75, 3.05) is 13.2 Å². The molecular weight excluding hydrogens is 288 g/mol. The number of carbonyl (C=O) groups excluding carboxylic acids is 1. The largest absolute Gasteiger partial charge is 0.490 e. The van der Waals surface area contributed by atoms with Gasteiger partial charge in [0, 0.05) is 6.92 Å². The summed E-state index contributed by atoms with van der Waals surface area (Å²) in [6.45, 7) is 8.58. The zero-order valence-corrected chi connectivity index (χ0v) is 14.5. The molecule has 0 bridgehead atoms. The van der Waals surface area contributed by atoms with Crippen molar-refractivity contribution in [1.29, 1.82) is 0 Å². The maximum absolute atomic E-state index is 10.6. The molecule has 23 heavy (non-hydrogen) atoms. The van der Waals surface area contributed by atoms with Crippen molar-refractivity contribution in [2.45, 2.75) is 34.1 Å². The van der Waals surface area contributed by atoms with E-state index < -0.39 is 0 Å². The second-order valence-electron chi connectivity index (χ2n) is 5.62. The quantitative estimate of drug-likeness (QED) is 0.503. The molecule has 0 amide bonds. The number of carbonyl (C=O) groups is 1. The van der Waals surface area contributed by atoms with Crippen molar-refractivity contribution in [1.82, 2.24) is 0 Å². The zero-order chi connectivity index (χ0) is 17.1. The van der Waals surface area contributed by atoms with Crippen LogP contribution < -0.4 is 4.74 Å². The summed E-state index contributed by atoms with van der Waals surface area (Å²) in [6, 6.07) is 7.81. The summed E-state index contributed by atoms with van der Waals surface area (Å²) < 4.78 is 10.5. The van der Waals surface area contributed by atoms with Gasteiger partial charge in [0.15, 0.2) is 0 Å². The van der Waals surface area contributed by atoms with Gasteiger partial charge < -0.3 is 9.47 Å². The van der Waals surface area contributed by atoms with Gasteiger partial charge in [-0.1, -0.05) is 35.4 Å². The molecule has 0 saturated carbocycles. The highest BCUT2D eigenvalue weighted by molar-refractivity contribution is 5.66. The summed E-state index contributed by atoms with van der Waals surface area (Å²) in [4.78, 5) is 10.6. The van der Waals surface area contributed by atoms with Crippen molar-refractivity contribution in [3.05, 3.63) is 59.2 Å². The van der Waals surface area contributed by atoms with Crippen molar-refractivity contribution < 1.29 is 14.3 Å². The lowest BCUT2D eigenvalue weighted by Gasteiger charge is -2.04. The predicted molar refractivity (Wildman–Crippen MR) is 95.4 cm³/mol. The highest BCUT2D eigenvalue weighted by Gasteiger charge is 1.94. The Morgan fingerprint density at radius 2 is 1.70 bits per heavy atom. The molecule has 0 N–H and O–H groups in total. The third kappa shape index (κ3) is 9.35. The first-order chi connectivity index (χ1) is 11.0. The first kappa shape index (κ1) is 18.8. The van der Waals surface area contributed by atoms with E-state index in [-0.39, 0.29) is 5.97 Å². The van der Waals surface area contributed by atoms with Crippen molar-refractivity contribution in [3.63, 3.8) is 0 Å². The van der Waals surface area contributed by atoms with E-state index in [1.54, 1.807) is 0 Å². The standard InChI is InChI=1S/C20H26O3/c1-16(2)7-8-17(3)13-15-23-20-11-9-19(10-12-20)6-5-14-22-18(4)21/h5-7,9-13H,8,14-15H2,1-4H3. The molecule has 124 valence electrons. The molecule has 0 aliphatic rings. The Bertz CT molecular complexity index is 573. The lowest BCUT2D eigenvalue weighted by molar-refractivity contribution is -0.139.